The normalized spacial score (nSPS) is 11.0. The molecule has 0 saturated heterocycles. The van der Waals surface area contributed by atoms with Crippen LogP contribution in [0.4, 0.5) is 5.69 Å². The van der Waals surface area contributed by atoms with Crippen molar-refractivity contribution in [1.29, 1.82) is 0 Å². The van der Waals surface area contributed by atoms with Gasteiger partial charge in [-0.25, -0.2) is 5.43 Å². The van der Waals surface area contributed by atoms with E-state index in [4.69, 9.17) is 0 Å². The van der Waals surface area contributed by atoms with Crippen molar-refractivity contribution in [2.24, 2.45) is 5.10 Å². The van der Waals surface area contributed by atoms with E-state index in [1.165, 1.54) is 5.69 Å². The van der Waals surface area contributed by atoms with Gasteiger partial charge in [0.1, 0.15) is 0 Å². The number of aromatic nitrogens is 2. The van der Waals surface area contributed by atoms with Crippen LogP contribution in [-0.4, -0.2) is 35.4 Å². The van der Waals surface area contributed by atoms with Gasteiger partial charge in [0.15, 0.2) is 5.69 Å². The van der Waals surface area contributed by atoms with E-state index < -0.39 is 0 Å². The lowest BCUT2D eigenvalue weighted by Crippen LogP contribution is -2.21. The summed E-state index contributed by atoms with van der Waals surface area (Å²) in [5.74, 6) is -0.347. The summed E-state index contributed by atoms with van der Waals surface area (Å²) < 4.78 is 0. The Morgan fingerprint density at radius 3 is 2.69 bits per heavy atom. The maximum Gasteiger partial charge on any atom is 0.291 e. The second-order valence-electron chi connectivity index (χ2n) is 5.61. The zero-order valence-corrected chi connectivity index (χ0v) is 15.6. The Labute approximate surface area is 156 Å². The van der Waals surface area contributed by atoms with Gasteiger partial charge in [0.25, 0.3) is 5.91 Å². The molecular weight excluding hydrogens is 346 g/mol. The lowest BCUT2D eigenvalue weighted by Gasteiger charge is -2.20. The number of carbonyl (C=O) groups excluding carboxylic acids is 1. The minimum atomic E-state index is -0.347. The summed E-state index contributed by atoms with van der Waals surface area (Å²) in [5.41, 5.74) is 5.73. The molecule has 0 unspecified atom stereocenters. The van der Waals surface area contributed by atoms with E-state index in [9.17, 15) is 4.79 Å². The lowest BCUT2D eigenvalue weighted by molar-refractivity contribution is 0.0950. The van der Waals surface area contributed by atoms with Crippen molar-refractivity contribution in [3.8, 4) is 10.6 Å². The zero-order valence-electron chi connectivity index (χ0n) is 14.8. The van der Waals surface area contributed by atoms with Crippen molar-refractivity contribution in [2.45, 2.75) is 13.8 Å². The Hall–Kier alpha value is -2.93. The zero-order chi connectivity index (χ0) is 18.4. The van der Waals surface area contributed by atoms with Crippen LogP contribution in [0.3, 0.4) is 0 Å². The van der Waals surface area contributed by atoms with E-state index in [-0.39, 0.29) is 5.91 Å². The predicted molar refractivity (Wildman–Crippen MR) is 107 cm³/mol. The molecule has 0 aliphatic heterocycles. The first-order chi connectivity index (χ1) is 12.7. The van der Waals surface area contributed by atoms with Crippen molar-refractivity contribution in [2.75, 3.05) is 18.0 Å². The molecule has 2 N–H and O–H groups in total. The summed E-state index contributed by atoms with van der Waals surface area (Å²) >= 11 is 1.59. The smallest absolute Gasteiger partial charge is 0.291 e. The second-order valence-corrected chi connectivity index (χ2v) is 6.55. The number of carbonyl (C=O) groups is 1. The second kappa shape index (κ2) is 8.44. The molecule has 0 bridgehead atoms. The van der Waals surface area contributed by atoms with Gasteiger partial charge in [0.2, 0.25) is 0 Å². The van der Waals surface area contributed by atoms with Crippen molar-refractivity contribution < 1.29 is 4.79 Å². The molecule has 7 heteroatoms. The Morgan fingerprint density at radius 2 is 2.04 bits per heavy atom. The number of rotatable bonds is 7. The average Bonchev–Trinajstić information content (AvgIpc) is 3.35. The molecule has 1 amide bonds. The Bertz CT molecular complexity index is 864. The number of aromatic amines is 1. The largest absolute Gasteiger partial charge is 0.372 e. The first-order valence-corrected chi connectivity index (χ1v) is 9.37. The van der Waals surface area contributed by atoms with Crippen LogP contribution in [-0.2, 0) is 0 Å². The minimum Gasteiger partial charge on any atom is -0.372 e. The van der Waals surface area contributed by atoms with Crippen molar-refractivity contribution in [3.63, 3.8) is 0 Å². The maximum atomic E-state index is 12.1. The van der Waals surface area contributed by atoms with Gasteiger partial charge in [-0.3, -0.25) is 9.89 Å². The predicted octanol–water partition coefficient (Wildman–Crippen LogP) is 3.75. The first-order valence-electron chi connectivity index (χ1n) is 8.49. The molecule has 0 radical (unpaired) electrons. The number of hydrogen-bond acceptors (Lipinski definition) is 5. The third-order valence-electron chi connectivity index (χ3n) is 4.00. The molecular formula is C19H21N5OS. The van der Waals surface area contributed by atoms with Crippen LogP contribution >= 0.6 is 11.3 Å². The highest BCUT2D eigenvalue weighted by atomic mass is 32.1. The Balaban J connectivity index is 1.59. The lowest BCUT2D eigenvalue weighted by atomic mass is 10.2. The van der Waals surface area contributed by atoms with E-state index in [1.807, 2.05) is 29.6 Å². The van der Waals surface area contributed by atoms with Crippen LogP contribution in [0, 0.1) is 0 Å². The SMILES string of the molecule is CCN(CC)c1ccc(C=NNC(=O)c2cc(-c3cccs3)[nH]n2)cc1. The molecule has 0 aliphatic carbocycles. The highest BCUT2D eigenvalue weighted by Gasteiger charge is 2.11. The van der Waals surface area contributed by atoms with Crippen LogP contribution in [0.2, 0.25) is 0 Å². The standard InChI is InChI=1S/C19H21N5OS/c1-3-24(4-2)15-9-7-14(8-10-15)13-20-23-19(25)17-12-16(21-22-17)18-6-5-11-26-18/h5-13H,3-4H2,1-2H3,(H,21,22)(H,23,25). The van der Waals surface area contributed by atoms with Crippen LogP contribution in [0.1, 0.15) is 29.9 Å². The van der Waals surface area contributed by atoms with Gasteiger partial charge in [-0.2, -0.15) is 10.2 Å². The van der Waals surface area contributed by atoms with E-state index in [0.29, 0.717) is 5.69 Å². The summed E-state index contributed by atoms with van der Waals surface area (Å²) in [6.45, 7) is 6.20. The molecule has 3 rings (SSSR count). The van der Waals surface area contributed by atoms with E-state index >= 15 is 0 Å². The monoisotopic (exact) mass is 367 g/mol. The van der Waals surface area contributed by atoms with Gasteiger partial charge in [0.05, 0.1) is 16.8 Å². The fourth-order valence-corrected chi connectivity index (χ4v) is 3.27. The number of nitrogens with zero attached hydrogens (tertiary/aromatic N) is 3. The quantitative estimate of drug-likeness (QED) is 0.493. The van der Waals surface area contributed by atoms with Gasteiger partial charge in [-0.15, -0.1) is 11.3 Å². The molecule has 26 heavy (non-hydrogen) atoms. The maximum absolute atomic E-state index is 12.1. The summed E-state index contributed by atoms with van der Waals surface area (Å²) in [4.78, 5) is 15.4. The number of thiophene rings is 1. The molecule has 0 saturated carbocycles. The van der Waals surface area contributed by atoms with Crippen molar-refractivity contribution >= 4 is 29.1 Å². The summed E-state index contributed by atoms with van der Waals surface area (Å²) in [6, 6.07) is 13.7. The molecule has 2 heterocycles. The highest BCUT2D eigenvalue weighted by molar-refractivity contribution is 7.13. The topological polar surface area (TPSA) is 73.4 Å². The van der Waals surface area contributed by atoms with Gasteiger partial charge >= 0.3 is 0 Å². The van der Waals surface area contributed by atoms with Gasteiger partial charge in [-0.05, 0) is 49.1 Å². The fraction of sp³-hybridized carbons (Fsp3) is 0.211. The highest BCUT2D eigenvalue weighted by Crippen LogP contribution is 2.22. The molecule has 134 valence electrons. The number of nitrogens with one attached hydrogen (secondary N) is 2. The number of hydrogen-bond donors (Lipinski definition) is 2. The minimum absolute atomic E-state index is 0.308. The first kappa shape index (κ1) is 17.9. The molecule has 0 aliphatic rings. The summed E-state index contributed by atoms with van der Waals surface area (Å²) in [7, 11) is 0. The Kier molecular flexibility index (Phi) is 5.80. The molecule has 0 fully saturated rings. The third kappa shape index (κ3) is 4.18. The van der Waals surface area contributed by atoms with Crippen LogP contribution < -0.4 is 10.3 Å². The number of hydrazone groups is 1. The number of anilines is 1. The van der Waals surface area contributed by atoms with Gasteiger partial charge in [0, 0.05) is 18.8 Å². The molecule has 2 aromatic heterocycles. The Morgan fingerprint density at radius 1 is 1.27 bits per heavy atom. The molecule has 1 aromatic carbocycles. The number of benzene rings is 1. The van der Waals surface area contributed by atoms with Crippen LogP contribution in [0.15, 0.2) is 52.9 Å². The summed E-state index contributed by atoms with van der Waals surface area (Å²) in [5, 5.41) is 12.9. The average molecular weight is 367 g/mol. The van der Waals surface area contributed by atoms with Crippen LogP contribution in [0.25, 0.3) is 10.6 Å². The molecule has 0 spiro atoms. The van der Waals surface area contributed by atoms with Gasteiger partial charge in [-0.1, -0.05) is 18.2 Å². The molecule has 3 aromatic rings. The van der Waals surface area contributed by atoms with E-state index in [1.54, 1.807) is 23.6 Å². The number of amides is 1. The molecule has 0 atom stereocenters. The van der Waals surface area contributed by atoms with E-state index in [2.05, 4.69) is 51.6 Å². The van der Waals surface area contributed by atoms with Crippen LogP contribution in [0.5, 0.6) is 0 Å². The molecule has 6 nitrogen and oxygen atoms in total. The number of H-pyrrole nitrogens is 1. The summed E-state index contributed by atoms with van der Waals surface area (Å²) in [6.07, 6.45) is 1.62. The van der Waals surface area contributed by atoms with E-state index in [0.717, 1.165) is 29.2 Å². The van der Waals surface area contributed by atoms with Gasteiger partial charge < -0.3 is 4.90 Å². The fourth-order valence-electron chi connectivity index (χ4n) is 2.58. The third-order valence-corrected chi connectivity index (χ3v) is 4.90. The van der Waals surface area contributed by atoms with Crippen molar-refractivity contribution in [3.05, 3.63) is 59.1 Å². The van der Waals surface area contributed by atoms with Crippen molar-refractivity contribution in [1.82, 2.24) is 15.6 Å².